The molecular weight excluding hydrogens is 291 g/mol. The number of aromatic nitrogens is 2. The topological polar surface area (TPSA) is 37.8 Å². The summed E-state index contributed by atoms with van der Waals surface area (Å²) in [5, 5.41) is 2.96. The maximum atomic E-state index is 12.6. The third-order valence-corrected chi connectivity index (χ3v) is 4.64. The lowest BCUT2D eigenvalue weighted by Crippen LogP contribution is -2.14. The quantitative estimate of drug-likeness (QED) is 0.943. The lowest BCUT2D eigenvalue weighted by Gasteiger charge is -2.10. The number of fused-ring (bicyclic) bond motifs is 3. The molecular formula is C16H14F3N3. The molecule has 0 radical (unpaired) electrons. The second-order valence-corrected chi connectivity index (χ2v) is 5.90. The molecule has 1 heterocycles. The van der Waals surface area contributed by atoms with E-state index in [9.17, 15) is 13.2 Å². The Morgan fingerprint density at radius 2 is 2.00 bits per heavy atom. The van der Waals surface area contributed by atoms with Gasteiger partial charge in [-0.2, -0.15) is 13.2 Å². The van der Waals surface area contributed by atoms with Gasteiger partial charge in [-0.1, -0.05) is 24.3 Å². The summed E-state index contributed by atoms with van der Waals surface area (Å²) in [5.41, 5.74) is 1.89. The minimum atomic E-state index is -4.44. The SMILES string of the molecule is FC(F)(F)c1ccnc(NCC2C3Cc4ccccc4C23)n1. The molecule has 0 bridgehead atoms. The van der Waals surface area contributed by atoms with Crippen molar-refractivity contribution in [2.24, 2.45) is 11.8 Å². The van der Waals surface area contributed by atoms with Crippen LogP contribution in [0.1, 0.15) is 22.7 Å². The van der Waals surface area contributed by atoms with Crippen LogP contribution in [-0.4, -0.2) is 16.5 Å². The van der Waals surface area contributed by atoms with Gasteiger partial charge in [0.05, 0.1) is 0 Å². The largest absolute Gasteiger partial charge is 0.433 e. The van der Waals surface area contributed by atoms with Gasteiger partial charge in [0.2, 0.25) is 5.95 Å². The Morgan fingerprint density at radius 1 is 1.18 bits per heavy atom. The van der Waals surface area contributed by atoms with E-state index < -0.39 is 11.9 Å². The van der Waals surface area contributed by atoms with E-state index in [1.807, 2.05) is 12.1 Å². The molecule has 1 N–H and O–H groups in total. The molecule has 1 saturated carbocycles. The minimum absolute atomic E-state index is 0.0492. The number of nitrogens with one attached hydrogen (secondary N) is 1. The molecule has 4 rings (SSSR count). The molecule has 3 nitrogen and oxygen atoms in total. The zero-order valence-electron chi connectivity index (χ0n) is 11.6. The molecule has 2 aliphatic rings. The molecule has 0 aliphatic heterocycles. The molecule has 2 aliphatic carbocycles. The Kier molecular flexibility index (Phi) is 2.89. The number of halogens is 3. The van der Waals surface area contributed by atoms with Crippen molar-refractivity contribution in [2.45, 2.75) is 18.5 Å². The molecule has 0 saturated heterocycles. The highest BCUT2D eigenvalue weighted by Gasteiger charge is 2.54. The molecule has 114 valence electrons. The van der Waals surface area contributed by atoms with Crippen molar-refractivity contribution in [2.75, 3.05) is 11.9 Å². The van der Waals surface area contributed by atoms with Crippen molar-refractivity contribution in [1.29, 1.82) is 0 Å². The van der Waals surface area contributed by atoms with Crippen LogP contribution in [0.4, 0.5) is 19.1 Å². The zero-order chi connectivity index (χ0) is 15.3. The first kappa shape index (κ1) is 13.5. The first-order valence-corrected chi connectivity index (χ1v) is 7.26. The average Bonchev–Trinajstić information content (AvgIpc) is 3.03. The van der Waals surface area contributed by atoms with Gasteiger partial charge in [-0.25, -0.2) is 9.97 Å². The number of alkyl halides is 3. The third-order valence-electron chi connectivity index (χ3n) is 4.64. The summed E-state index contributed by atoms with van der Waals surface area (Å²) in [5.74, 6) is 1.66. The summed E-state index contributed by atoms with van der Waals surface area (Å²) in [6, 6.07) is 9.28. The van der Waals surface area contributed by atoms with E-state index in [2.05, 4.69) is 27.4 Å². The van der Waals surface area contributed by atoms with E-state index in [1.54, 1.807) is 0 Å². The summed E-state index contributed by atoms with van der Waals surface area (Å²) >= 11 is 0. The fraction of sp³-hybridized carbons (Fsp3) is 0.375. The number of nitrogens with zero attached hydrogens (tertiary/aromatic N) is 2. The summed E-state index contributed by atoms with van der Waals surface area (Å²) in [4.78, 5) is 7.40. The highest BCUT2D eigenvalue weighted by atomic mass is 19.4. The molecule has 1 aromatic heterocycles. The molecule has 22 heavy (non-hydrogen) atoms. The lowest BCUT2D eigenvalue weighted by atomic mass is 10.0. The molecule has 3 unspecified atom stereocenters. The number of benzene rings is 1. The van der Waals surface area contributed by atoms with Crippen molar-refractivity contribution < 1.29 is 13.2 Å². The van der Waals surface area contributed by atoms with Crippen LogP contribution in [0.25, 0.3) is 0 Å². The van der Waals surface area contributed by atoms with Gasteiger partial charge in [0, 0.05) is 12.7 Å². The standard InChI is InChI=1S/C16H14F3N3/c17-16(18,19)13-5-6-20-15(22-13)21-8-12-11-7-9-3-1-2-4-10(9)14(11)12/h1-6,11-12,14H,7-8H2,(H,20,21,22). The first-order valence-electron chi connectivity index (χ1n) is 7.26. The predicted molar refractivity (Wildman–Crippen MR) is 75.4 cm³/mol. The predicted octanol–water partition coefficient (Wildman–Crippen LogP) is 3.49. The monoisotopic (exact) mass is 305 g/mol. The van der Waals surface area contributed by atoms with Crippen LogP contribution in [0, 0.1) is 11.8 Å². The molecule has 6 heteroatoms. The maximum Gasteiger partial charge on any atom is 0.433 e. The van der Waals surface area contributed by atoms with Crippen molar-refractivity contribution in [1.82, 2.24) is 9.97 Å². The summed E-state index contributed by atoms with van der Waals surface area (Å²) in [6.07, 6.45) is -2.23. The van der Waals surface area contributed by atoms with E-state index in [-0.39, 0.29) is 5.95 Å². The van der Waals surface area contributed by atoms with Crippen molar-refractivity contribution in [3.63, 3.8) is 0 Å². The average molecular weight is 305 g/mol. The number of rotatable bonds is 3. The van der Waals surface area contributed by atoms with E-state index in [4.69, 9.17) is 0 Å². The van der Waals surface area contributed by atoms with Gasteiger partial charge in [0.1, 0.15) is 5.69 Å². The maximum absolute atomic E-state index is 12.6. The smallest absolute Gasteiger partial charge is 0.354 e. The Hall–Kier alpha value is -2.11. The highest BCUT2D eigenvalue weighted by molar-refractivity contribution is 5.44. The molecule has 0 amide bonds. The Morgan fingerprint density at radius 3 is 2.82 bits per heavy atom. The molecule has 0 spiro atoms. The Balaban J connectivity index is 1.42. The van der Waals surface area contributed by atoms with Crippen LogP contribution in [0.5, 0.6) is 0 Å². The van der Waals surface area contributed by atoms with Crippen LogP contribution in [0.3, 0.4) is 0 Å². The molecule has 1 fully saturated rings. The van der Waals surface area contributed by atoms with E-state index in [1.165, 1.54) is 11.1 Å². The van der Waals surface area contributed by atoms with Crippen LogP contribution >= 0.6 is 0 Å². The van der Waals surface area contributed by atoms with Crippen LogP contribution < -0.4 is 5.32 Å². The second kappa shape index (κ2) is 4.69. The van der Waals surface area contributed by atoms with Gasteiger partial charge >= 0.3 is 6.18 Å². The minimum Gasteiger partial charge on any atom is -0.354 e. The van der Waals surface area contributed by atoms with Crippen molar-refractivity contribution in [3.05, 3.63) is 53.3 Å². The van der Waals surface area contributed by atoms with Crippen molar-refractivity contribution >= 4 is 5.95 Å². The van der Waals surface area contributed by atoms with Crippen LogP contribution in [0.15, 0.2) is 36.5 Å². The molecule has 3 atom stereocenters. The highest BCUT2D eigenvalue weighted by Crippen LogP contribution is 2.61. The molecule has 2 aromatic rings. The van der Waals surface area contributed by atoms with Gasteiger partial charge in [-0.3, -0.25) is 0 Å². The van der Waals surface area contributed by atoms with Crippen LogP contribution in [-0.2, 0) is 12.6 Å². The van der Waals surface area contributed by atoms with Gasteiger partial charge < -0.3 is 5.32 Å². The number of anilines is 1. The zero-order valence-corrected chi connectivity index (χ0v) is 11.6. The first-order chi connectivity index (χ1) is 10.5. The van der Waals surface area contributed by atoms with Crippen LogP contribution in [0.2, 0.25) is 0 Å². The second-order valence-electron chi connectivity index (χ2n) is 5.90. The van der Waals surface area contributed by atoms with Gasteiger partial charge in [0.25, 0.3) is 0 Å². The summed E-state index contributed by atoms with van der Waals surface area (Å²) < 4.78 is 37.8. The van der Waals surface area contributed by atoms with Gasteiger partial charge in [0.15, 0.2) is 0 Å². The summed E-state index contributed by atoms with van der Waals surface area (Å²) in [6.45, 7) is 0.616. The fourth-order valence-corrected chi connectivity index (χ4v) is 3.57. The van der Waals surface area contributed by atoms with Gasteiger partial charge in [-0.05, 0) is 41.4 Å². The van der Waals surface area contributed by atoms with Gasteiger partial charge in [-0.15, -0.1) is 0 Å². The van der Waals surface area contributed by atoms with Crippen molar-refractivity contribution in [3.8, 4) is 0 Å². The van der Waals surface area contributed by atoms with E-state index in [0.29, 0.717) is 24.3 Å². The van der Waals surface area contributed by atoms with E-state index in [0.717, 1.165) is 18.7 Å². The summed E-state index contributed by atoms with van der Waals surface area (Å²) in [7, 11) is 0. The molecule has 1 aromatic carbocycles. The Labute approximate surface area is 125 Å². The third kappa shape index (κ3) is 2.23. The number of hydrogen-bond acceptors (Lipinski definition) is 3. The lowest BCUT2D eigenvalue weighted by molar-refractivity contribution is -0.141. The Bertz CT molecular complexity index is 714. The van der Waals surface area contributed by atoms with E-state index >= 15 is 0 Å². The number of hydrogen-bond donors (Lipinski definition) is 1. The normalized spacial score (nSPS) is 25.5. The fourth-order valence-electron chi connectivity index (χ4n) is 3.57.